The summed E-state index contributed by atoms with van der Waals surface area (Å²) in [7, 11) is 0. The number of ether oxygens (including phenoxy) is 2. The Morgan fingerprint density at radius 1 is 1.20 bits per heavy atom. The van der Waals surface area contributed by atoms with Gasteiger partial charge in [-0.15, -0.1) is 0 Å². The molecule has 0 spiro atoms. The summed E-state index contributed by atoms with van der Waals surface area (Å²) in [5.74, 6) is 0.734. The lowest BCUT2D eigenvalue weighted by molar-refractivity contribution is -0.122. The molecular weight excluding hydrogens is 468 g/mol. The van der Waals surface area contributed by atoms with Gasteiger partial charge in [0.05, 0.1) is 30.7 Å². The van der Waals surface area contributed by atoms with Crippen LogP contribution in [0.4, 0.5) is 0 Å². The van der Waals surface area contributed by atoms with Crippen LogP contribution in [0, 0.1) is 0 Å². The van der Waals surface area contributed by atoms with Crippen LogP contribution < -0.4 is 15.6 Å². The van der Waals surface area contributed by atoms with Crippen LogP contribution in [-0.4, -0.2) is 65.9 Å². The summed E-state index contributed by atoms with van der Waals surface area (Å²) >= 11 is 6.19. The van der Waals surface area contributed by atoms with Crippen LogP contribution in [0.2, 0.25) is 5.02 Å². The lowest BCUT2D eigenvalue weighted by atomic mass is 10.1. The highest BCUT2D eigenvalue weighted by atomic mass is 35.5. The van der Waals surface area contributed by atoms with E-state index in [-0.39, 0.29) is 24.1 Å². The summed E-state index contributed by atoms with van der Waals surface area (Å²) < 4.78 is 12.7. The van der Waals surface area contributed by atoms with Gasteiger partial charge in [-0.1, -0.05) is 23.7 Å². The first-order chi connectivity index (χ1) is 16.9. The highest BCUT2D eigenvalue weighted by molar-refractivity contribution is 6.30. The van der Waals surface area contributed by atoms with E-state index in [0.717, 1.165) is 39.3 Å². The van der Waals surface area contributed by atoms with E-state index < -0.39 is 0 Å². The molecule has 8 nitrogen and oxygen atoms in total. The molecule has 1 amide bonds. The summed E-state index contributed by atoms with van der Waals surface area (Å²) in [6, 6.07) is 12.4. The first kappa shape index (κ1) is 25.2. The van der Waals surface area contributed by atoms with Crippen LogP contribution in [0.1, 0.15) is 20.3 Å². The van der Waals surface area contributed by atoms with Gasteiger partial charge in [-0.05, 0) is 50.6 Å². The van der Waals surface area contributed by atoms with E-state index in [2.05, 4.69) is 10.2 Å². The predicted octanol–water partition coefficient (Wildman–Crippen LogP) is 3.34. The van der Waals surface area contributed by atoms with E-state index in [0.29, 0.717) is 39.7 Å². The normalized spacial score (nSPS) is 14.4. The molecule has 9 heteroatoms. The van der Waals surface area contributed by atoms with Gasteiger partial charge in [-0.25, -0.2) is 4.98 Å². The summed E-state index contributed by atoms with van der Waals surface area (Å²) in [5.41, 5.74) is 0.895. The molecular formula is C26H31ClN4O4. The fraction of sp³-hybridized carbons (Fsp3) is 0.423. The minimum absolute atomic E-state index is 0.0429. The second-order valence-corrected chi connectivity index (χ2v) is 9.33. The SMILES string of the molecule is CC(C)NC(=O)Cn1c(-c2cccc(Cl)c2)nc2ccc(OCCCN3CCOCC3)cc2c1=O. The second-order valence-electron chi connectivity index (χ2n) is 8.89. The first-order valence-corrected chi connectivity index (χ1v) is 12.3. The maximum Gasteiger partial charge on any atom is 0.262 e. The lowest BCUT2D eigenvalue weighted by Gasteiger charge is -2.26. The van der Waals surface area contributed by atoms with Gasteiger partial charge in [0.15, 0.2) is 0 Å². The molecule has 1 saturated heterocycles. The minimum Gasteiger partial charge on any atom is -0.494 e. The third kappa shape index (κ3) is 6.60. The van der Waals surface area contributed by atoms with E-state index in [4.69, 9.17) is 26.1 Å². The van der Waals surface area contributed by atoms with Crippen LogP contribution >= 0.6 is 11.6 Å². The number of nitrogens with zero attached hydrogens (tertiary/aromatic N) is 3. The molecule has 0 saturated carbocycles. The van der Waals surface area contributed by atoms with Crippen molar-refractivity contribution in [1.82, 2.24) is 19.8 Å². The number of carbonyl (C=O) groups excluding carboxylic acids is 1. The van der Waals surface area contributed by atoms with Gasteiger partial charge in [0, 0.05) is 36.3 Å². The molecule has 1 aliphatic heterocycles. The molecule has 0 atom stereocenters. The molecule has 1 fully saturated rings. The summed E-state index contributed by atoms with van der Waals surface area (Å²) in [6.07, 6.45) is 0.879. The van der Waals surface area contributed by atoms with E-state index >= 15 is 0 Å². The van der Waals surface area contributed by atoms with Gasteiger partial charge in [-0.2, -0.15) is 0 Å². The number of carbonyl (C=O) groups is 1. The topological polar surface area (TPSA) is 85.7 Å². The molecule has 1 aromatic heterocycles. The van der Waals surface area contributed by atoms with Gasteiger partial charge in [0.2, 0.25) is 5.91 Å². The molecule has 4 rings (SSSR count). The Hall–Kier alpha value is -2.94. The average molecular weight is 499 g/mol. The van der Waals surface area contributed by atoms with Crippen molar-refractivity contribution in [2.24, 2.45) is 0 Å². The highest BCUT2D eigenvalue weighted by Crippen LogP contribution is 2.24. The van der Waals surface area contributed by atoms with Gasteiger partial charge >= 0.3 is 0 Å². The Morgan fingerprint density at radius 2 is 2.00 bits per heavy atom. The molecule has 2 heterocycles. The Morgan fingerprint density at radius 3 is 2.74 bits per heavy atom. The zero-order chi connectivity index (χ0) is 24.8. The Kier molecular flexibility index (Phi) is 8.38. The number of morpholine rings is 1. The molecule has 3 aromatic rings. The van der Waals surface area contributed by atoms with Gasteiger partial charge in [0.1, 0.15) is 18.1 Å². The number of halogens is 1. The highest BCUT2D eigenvalue weighted by Gasteiger charge is 2.17. The van der Waals surface area contributed by atoms with Crippen molar-refractivity contribution < 1.29 is 14.3 Å². The van der Waals surface area contributed by atoms with Crippen molar-refractivity contribution in [3.63, 3.8) is 0 Å². The standard InChI is InChI=1S/C26H31ClN4O4/c1-18(2)28-24(32)17-31-25(19-5-3-6-20(27)15-19)29-23-8-7-21(16-22(23)26(31)33)35-12-4-9-30-10-13-34-14-11-30/h3,5-8,15-16,18H,4,9-14,17H2,1-2H3,(H,28,32). The van der Waals surface area contributed by atoms with Gasteiger partial charge in [0.25, 0.3) is 5.56 Å². The number of fused-ring (bicyclic) bond motifs is 1. The number of nitrogens with one attached hydrogen (secondary N) is 1. The fourth-order valence-electron chi connectivity index (χ4n) is 4.10. The van der Waals surface area contributed by atoms with Gasteiger partial charge in [-0.3, -0.25) is 19.1 Å². The lowest BCUT2D eigenvalue weighted by Crippen LogP contribution is -2.37. The first-order valence-electron chi connectivity index (χ1n) is 11.9. The number of hydrogen-bond acceptors (Lipinski definition) is 6. The van der Waals surface area contributed by atoms with Crippen LogP contribution in [0.3, 0.4) is 0 Å². The van der Waals surface area contributed by atoms with E-state index in [9.17, 15) is 9.59 Å². The second kappa shape index (κ2) is 11.7. The third-order valence-corrected chi connectivity index (χ3v) is 5.99. The number of amides is 1. The number of rotatable bonds is 9. The fourth-order valence-corrected chi connectivity index (χ4v) is 4.29. The zero-order valence-corrected chi connectivity index (χ0v) is 20.9. The van der Waals surface area contributed by atoms with Crippen LogP contribution in [-0.2, 0) is 16.1 Å². The Balaban J connectivity index is 1.60. The molecule has 0 aliphatic carbocycles. The molecule has 1 N–H and O–H groups in total. The van der Waals surface area contributed by atoms with Crippen molar-refractivity contribution in [1.29, 1.82) is 0 Å². The summed E-state index contributed by atoms with van der Waals surface area (Å²) in [4.78, 5) is 33.2. The molecule has 186 valence electrons. The van der Waals surface area contributed by atoms with Crippen LogP contribution in [0.15, 0.2) is 47.3 Å². The summed E-state index contributed by atoms with van der Waals surface area (Å²) in [6.45, 7) is 8.53. The number of benzene rings is 2. The summed E-state index contributed by atoms with van der Waals surface area (Å²) in [5, 5.41) is 3.77. The number of aromatic nitrogens is 2. The minimum atomic E-state index is -0.303. The maximum absolute atomic E-state index is 13.6. The van der Waals surface area contributed by atoms with Crippen LogP contribution in [0.5, 0.6) is 5.75 Å². The Labute approximate surface area is 209 Å². The van der Waals surface area contributed by atoms with Crippen molar-refractivity contribution in [3.8, 4) is 17.1 Å². The average Bonchev–Trinajstić information content (AvgIpc) is 2.84. The Bertz CT molecular complexity index is 1240. The maximum atomic E-state index is 13.6. The van der Waals surface area contributed by atoms with E-state index in [1.165, 1.54) is 4.57 Å². The third-order valence-electron chi connectivity index (χ3n) is 5.75. The molecule has 35 heavy (non-hydrogen) atoms. The molecule has 1 aliphatic rings. The van der Waals surface area contributed by atoms with E-state index in [1.807, 2.05) is 26.0 Å². The van der Waals surface area contributed by atoms with Crippen molar-refractivity contribution in [2.45, 2.75) is 32.9 Å². The largest absolute Gasteiger partial charge is 0.494 e. The zero-order valence-electron chi connectivity index (χ0n) is 20.1. The smallest absolute Gasteiger partial charge is 0.262 e. The molecule has 2 aromatic carbocycles. The van der Waals surface area contributed by atoms with E-state index in [1.54, 1.807) is 30.3 Å². The van der Waals surface area contributed by atoms with Crippen molar-refractivity contribution in [2.75, 3.05) is 39.5 Å². The number of hydrogen-bond donors (Lipinski definition) is 1. The predicted molar refractivity (Wildman–Crippen MR) is 137 cm³/mol. The molecule has 0 radical (unpaired) electrons. The van der Waals surface area contributed by atoms with Gasteiger partial charge < -0.3 is 14.8 Å². The van der Waals surface area contributed by atoms with Crippen molar-refractivity contribution in [3.05, 3.63) is 57.8 Å². The van der Waals surface area contributed by atoms with Crippen molar-refractivity contribution >= 4 is 28.4 Å². The molecule has 0 unspecified atom stereocenters. The quantitative estimate of drug-likeness (QED) is 0.455. The monoisotopic (exact) mass is 498 g/mol. The molecule has 0 bridgehead atoms. The van der Waals surface area contributed by atoms with Crippen LogP contribution in [0.25, 0.3) is 22.3 Å².